The van der Waals surface area contributed by atoms with Crippen LogP contribution >= 0.6 is 23.4 Å². The van der Waals surface area contributed by atoms with E-state index in [4.69, 9.17) is 21.1 Å². The van der Waals surface area contributed by atoms with Crippen molar-refractivity contribution in [3.63, 3.8) is 0 Å². The van der Waals surface area contributed by atoms with Gasteiger partial charge in [0.25, 0.3) is 5.79 Å². The predicted molar refractivity (Wildman–Crippen MR) is 102 cm³/mol. The van der Waals surface area contributed by atoms with E-state index < -0.39 is 17.7 Å². The summed E-state index contributed by atoms with van der Waals surface area (Å²) in [5, 5.41) is 13.0. The molecule has 0 saturated carbocycles. The summed E-state index contributed by atoms with van der Waals surface area (Å²) in [5.41, 5.74) is 2.51. The van der Waals surface area contributed by atoms with Crippen LogP contribution in [0.2, 0.25) is 5.02 Å². The quantitative estimate of drug-likeness (QED) is 0.592. The fourth-order valence-electron chi connectivity index (χ4n) is 3.44. The van der Waals surface area contributed by atoms with Crippen molar-refractivity contribution in [1.82, 2.24) is 20.3 Å². The smallest absolute Gasteiger partial charge is 0.309 e. The molecule has 10 heteroatoms. The molecule has 1 saturated heterocycles. The topological polar surface area (TPSA) is 95.3 Å². The molecule has 1 spiro atoms. The van der Waals surface area contributed by atoms with Crippen molar-refractivity contribution in [1.29, 1.82) is 0 Å². The van der Waals surface area contributed by atoms with Gasteiger partial charge in [0.05, 0.1) is 25.6 Å². The van der Waals surface area contributed by atoms with Crippen LogP contribution in [0, 0.1) is 0 Å². The summed E-state index contributed by atoms with van der Waals surface area (Å²) < 4.78 is 11.3. The first-order chi connectivity index (χ1) is 13.5. The van der Waals surface area contributed by atoms with Crippen LogP contribution in [0.25, 0.3) is 0 Å². The van der Waals surface area contributed by atoms with E-state index >= 15 is 0 Å². The summed E-state index contributed by atoms with van der Waals surface area (Å²) in [6.45, 7) is 0.850. The first-order valence-electron chi connectivity index (χ1n) is 8.91. The molecule has 1 aromatic heterocycles. The number of halogens is 1. The van der Waals surface area contributed by atoms with Gasteiger partial charge in [0, 0.05) is 23.4 Å². The molecule has 0 bridgehead atoms. The second-order valence-corrected chi connectivity index (χ2v) is 8.04. The summed E-state index contributed by atoms with van der Waals surface area (Å²) >= 11 is 8.03. The van der Waals surface area contributed by atoms with Crippen LogP contribution in [0.4, 0.5) is 0 Å². The molecule has 1 fully saturated rings. The monoisotopic (exact) mass is 422 g/mol. The van der Waals surface area contributed by atoms with Gasteiger partial charge in [-0.15, -0.1) is 5.10 Å². The molecular formula is C18H19ClN4O4S. The molecule has 0 atom stereocenters. The van der Waals surface area contributed by atoms with Gasteiger partial charge in [0.15, 0.2) is 0 Å². The average molecular weight is 423 g/mol. The SMILES string of the molecule is Cn1ncc(SCc2c(Cl)ccc3c2CCNCC32OC(=O)CCC(=O)O2)n1. The van der Waals surface area contributed by atoms with Crippen LogP contribution < -0.4 is 5.32 Å². The Kier molecular flexibility index (Phi) is 5.31. The highest BCUT2D eigenvalue weighted by Crippen LogP contribution is 2.39. The maximum Gasteiger partial charge on any atom is 0.309 e. The first-order valence-corrected chi connectivity index (χ1v) is 10.3. The van der Waals surface area contributed by atoms with Crippen LogP contribution in [0.1, 0.15) is 29.5 Å². The van der Waals surface area contributed by atoms with Crippen molar-refractivity contribution in [2.45, 2.75) is 35.8 Å². The molecule has 148 valence electrons. The molecule has 4 rings (SSSR count). The lowest BCUT2D eigenvalue weighted by molar-refractivity contribution is -0.225. The number of hydrogen-bond acceptors (Lipinski definition) is 8. The number of rotatable bonds is 3. The van der Waals surface area contributed by atoms with Crippen LogP contribution in [0.5, 0.6) is 0 Å². The Morgan fingerprint density at radius 2 is 2.00 bits per heavy atom. The van der Waals surface area contributed by atoms with Gasteiger partial charge in [0.2, 0.25) is 0 Å². The van der Waals surface area contributed by atoms with E-state index in [0.29, 0.717) is 29.3 Å². The number of nitrogens with zero attached hydrogens (tertiary/aromatic N) is 3. The van der Waals surface area contributed by atoms with E-state index in [1.807, 2.05) is 0 Å². The van der Waals surface area contributed by atoms with Gasteiger partial charge in [-0.3, -0.25) is 9.59 Å². The zero-order chi connectivity index (χ0) is 19.7. The Hall–Kier alpha value is -2.10. The van der Waals surface area contributed by atoms with E-state index in [2.05, 4.69) is 15.5 Å². The third-order valence-electron chi connectivity index (χ3n) is 4.73. The van der Waals surface area contributed by atoms with Gasteiger partial charge >= 0.3 is 11.9 Å². The van der Waals surface area contributed by atoms with Crippen molar-refractivity contribution < 1.29 is 19.1 Å². The molecule has 2 aromatic rings. The molecule has 8 nitrogen and oxygen atoms in total. The van der Waals surface area contributed by atoms with Gasteiger partial charge in [-0.2, -0.15) is 9.90 Å². The highest BCUT2D eigenvalue weighted by molar-refractivity contribution is 7.98. The number of hydrogen-bond donors (Lipinski definition) is 1. The Morgan fingerprint density at radius 1 is 1.25 bits per heavy atom. The minimum absolute atomic E-state index is 0.0128. The molecule has 28 heavy (non-hydrogen) atoms. The first kappa shape index (κ1) is 19.2. The Balaban J connectivity index is 1.74. The largest absolute Gasteiger partial charge is 0.416 e. The number of nitrogens with one attached hydrogen (secondary N) is 1. The molecule has 1 N–H and O–H groups in total. The van der Waals surface area contributed by atoms with E-state index in [1.165, 1.54) is 16.6 Å². The normalized spacial score (nSPS) is 18.8. The van der Waals surface area contributed by atoms with E-state index in [9.17, 15) is 9.59 Å². The van der Waals surface area contributed by atoms with E-state index in [-0.39, 0.29) is 19.4 Å². The van der Waals surface area contributed by atoms with Gasteiger partial charge in [-0.25, -0.2) is 0 Å². The molecule has 0 radical (unpaired) electrons. The van der Waals surface area contributed by atoms with Crippen molar-refractivity contribution >= 4 is 35.3 Å². The lowest BCUT2D eigenvalue weighted by Gasteiger charge is -2.32. The summed E-state index contributed by atoms with van der Waals surface area (Å²) in [4.78, 5) is 25.8. The summed E-state index contributed by atoms with van der Waals surface area (Å²) in [7, 11) is 1.76. The zero-order valence-corrected chi connectivity index (χ0v) is 16.8. The zero-order valence-electron chi connectivity index (χ0n) is 15.2. The van der Waals surface area contributed by atoms with Crippen molar-refractivity contribution in [2.75, 3.05) is 13.1 Å². The molecule has 0 aliphatic carbocycles. The van der Waals surface area contributed by atoms with Gasteiger partial charge in [-0.1, -0.05) is 23.4 Å². The number of aromatic nitrogens is 3. The molecule has 1 aromatic carbocycles. The van der Waals surface area contributed by atoms with Gasteiger partial charge in [0.1, 0.15) is 5.03 Å². The number of carbonyl (C=O) groups excluding carboxylic acids is 2. The lowest BCUT2D eigenvalue weighted by atomic mass is 9.94. The van der Waals surface area contributed by atoms with Gasteiger partial charge < -0.3 is 14.8 Å². The number of fused-ring (bicyclic) bond motifs is 2. The number of esters is 2. The second-order valence-electron chi connectivity index (χ2n) is 6.64. The lowest BCUT2D eigenvalue weighted by Crippen LogP contribution is -2.43. The van der Waals surface area contributed by atoms with Crippen LogP contribution in [-0.4, -0.2) is 40.0 Å². The number of ether oxygens (including phenoxy) is 2. The van der Waals surface area contributed by atoms with Crippen molar-refractivity contribution in [3.05, 3.63) is 40.0 Å². The fourth-order valence-corrected chi connectivity index (χ4v) is 4.68. The summed E-state index contributed by atoms with van der Waals surface area (Å²) in [6.07, 6.45) is 2.39. The summed E-state index contributed by atoms with van der Waals surface area (Å²) in [5.74, 6) is -1.80. The molecular weight excluding hydrogens is 404 g/mol. The maximum atomic E-state index is 12.2. The van der Waals surface area contributed by atoms with Crippen molar-refractivity contribution in [3.8, 4) is 0 Å². The Morgan fingerprint density at radius 3 is 2.68 bits per heavy atom. The predicted octanol–water partition coefficient (Wildman–Crippen LogP) is 1.94. The molecule has 0 unspecified atom stereocenters. The van der Waals surface area contributed by atoms with E-state index in [0.717, 1.165) is 16.2 Å². The molecule has 2 aliphatic heterocycles. The molecule has 3 heterocycles. The number of thioether (sulfide) groups is 1. The van der Waals surface area contributed by atoms with Crippen molar-refractivity contribution in [2.24, 2.45) is 7.05 Å². The third kappa shape index (κ3) is 3.74. The van der Waals surface area contributed by atoms with Crippen LogP contribution in [0.15, 0.2) is 23.4 Å². The average Bonchev–Trinajstić information content (AvgIpc) is 2.91. The standard InChI is InChI=1S/C18H19ClN4O4S/c1-23-21-8-15(22-23)28-9-12-11-6-7-20-10-18(13(11)2-3-14(12)19)26-16(24)4-5-17(25)27-18/h2-3,8,20H,4-7,9-10H2,1H3. The van der Waals surface area contributed by atoms with E-state index in [1.54, 1.807) is 25.4 Å². The molecule has 0 amide bonds. The Labute approximate surface area is 170 Å². The highest BCUT2D eigenvalue weighted by atomic mass is 35.5. The highest BCUT2D eigenvalue weighted by Gasteiger charge is 2.45. The number of aryl methyl sites for hydroxylation is 1. The number of carbonyl (C=O) groups is 2. The minimum Gasteiger partial charge on any atom is -0.416 e. The van der Waals surface area contributed by atoms with Crippen LogP contribution in [0.3, 0.4) is 0 Å². The van der Waals surface area contributed by atoms with Crippen LogP contribution in [-0.2, 0) is 44.1 Å². The fraction of sp³-hybridized carbons (Fsp3) is 0.444. The minimum atomic E-state index is -1.47. The van der Waals surface area contributed by atoms with Gasteiger partial charge in [-0.05, 0) is 36.2 Å². The second kappa shape index (κ2) is 7.73. The number of benzene rings is 1. The summed E-state index contributed by atoms with van der Waals surface area (Å²) in [6, 6.07) is 3.54. The Bertz CT molecular complexity index is 914. The third-order valence-corrected chi connectivity index (χ3v) is 6.00. The maximum absolute atomic E-state index is 12.2. The molecule has 2 aliphatic rings.